The lowest BCUT2D eigenvalue weighted by Crippen LogP contribution is -2.44. The van der Waals surface area contributed by atoms with Crippen LogP contribution in [0, 0.1) is 11.7 Å². The standard InChI is InChI=1S/C24H30ClFN2O3S2/c25-22-9-4-10-23(26)21(22)18-32-16-13-27-24(29)20-11-14-28(15-12-20)33(30,31)17-5-8-19-6-2-1-3-7-19/h1-4,6-7,9-10,20H,5,8,11-18H2,(H,27,29). The third kappa shape index (κ3) is 7.98. The molecule has 1 heterocycles. The van der Waals surface area contributed by atoms with Crippen molar-refractivity contribution in [1.29, 1.82) is 0 Å². The molecule has 1 fully saturated rings. The van der Waals surface area contributed by atoms with Crippen LogP contribution in [0.3, 0.4) is 0 Å². The smallest absolute Gasteiger partial charge is 0.223 e. The summed E-state index contributed by atoms with van der Waals surface area (Å²) in [5.74, 6) is 0.683. The van der Waals surface area contributed by atoms with Gasteiger partial charge in [0.2, 0.25) is 15.9 Å². The van der Waals surface area contributed by atoms with Crippen LogP contribution in [0.15, 0.2) is 48.5 Å². The maximum Gasteiger partial charge on any atom is 0.223 e. The zero-order chi connectivity index (χ0) is 23.7. The molecule has 0 spiro atoms. The van der Waals surface area contributed by atoms with Crippen LogP contribution in [-0.4, -0.2) is 49.8 Å². The van der Waals surface area contributed by atoms with Gasteiger partial charge in [-0.25, -0.2) is 17.1 Å². The van der Waals surface area contributed by atoms with Gasteiger partial charge in [0.1, 0.15) is 5.82 Å². The Morgan fingerprint density at radius 2 is 1.85 bits per heavy atom. The summed E-state index contributed by atoms with van der Waals surface area (Å²) in [5.41, 5.74) is 1.62. The van der Waals surface area contributed by atoms with Crippen LogP contribution in [-0.2, 0) is 27.0 Å². The first-order valence-corrected chi connectivity index (χ1v) is 14.3. The summed E-state index contributed by atoms with van der Waals surface area (Å²) in [7, 11) is -3.30. The normalized spacial score (nSPS) is 15.5. The summed E-state index contributed by atoms with van der Waals surface area (Å²) in [5, 5.41) is 3.33. The summed E-state index contributed by atoms with van der Waals surface area (Å²) in [6, 6.07) is 14.5. The van der Waals surface area contributed by atoms with Gasteiger partial charge >= 0.3 is 0 Å². The summed E-state index contributed by atoms with van der Waals surface area (Å²) in [4.78, 5) is 12.5. The molecule has 180 valence electrons. The molecule has 0 atom stereocenters. The van der Waals surface area contributed by atoms with Crippen LogP contribution in [0.4, 0.5) is 4.39 Å². The number of halogens is 2. The van der Waals surface area contributed by atoms with Gasteiger partial charge in [-0.3, -0.25) is 4.79 Å². The number of carbonyl (C=O) groups excluding carboxylic acids is 1. The second kappa shape index (κ2) is 12.7. The van der Waals surface area contributed by atoms with E-state index in [1.54, 1.807) is 12.1 Å². The first-order chi connectivity index (χ1) is 15.9. The number of hydrogen-bond donors (Lipinski definition) is 1. The lowest BCUT2D eigenvalue weighted by atomic mass is 9.97. The molecule has 5 nitrogen and oxygen atoms in total. The molecule has 1 aliphatic heterocycles. The number of piperidine rings is 1. The highest BCUT2D eigenvalue weighted by atomic mass is 35.5. The molecular formula is C24H30ClFN2O3S2. The van der Waals surface area contributed by atoms with Gasteiger partial charge in [0.15, 0.2) is 0 Å². The van der Waals surface area contributed by atoms with Gasteiger partial charge in [0.25, 0.3) is 0 Å². The molecule has 0 aliphatic carbocycles. The zero-order valence-electron chi connectivity index (χ0n) is 18.5. The van der Waals surface area contributed by atoms with Crippen molar-refractivity contribution in [2.75, 3.05) is 31.1 Å². The van der Waals surface area contributed by atoms with Crippen molar-refractivity contribution in [3.05, 3.63) is 70.5 Å². The summed E-state index contributed by atoms with van der Waals surface area (Å²) in [6.45, 7) is 1.24. The Morgan fingerprint density at radius 3 is 2.55 bits per heavy atom. The van der Waals surface area contributed by atoms with Crippen LogP contribution >= 0.6 is 23.4 Å². The first kappa shape index (κ1) is 26.0. The monoisotopic (exact) mass is 512 g/mol. The van der Waals surface area contributed by atoms with Crippen LogP contribution in [0.25, 0.3) is 0 Å². The molecule has 0 aromatic heterocycles. The van der Waals surface area contributed by atoms with E-state index in [0.29, 0.717) is 61.0 Å². The molecule has 0 radical (unpaired) electrons. The van der Waals surface area contributed by atoms with Gasteiger partial charge in [-0.2, -0.15) is 11.8 Å². The summed E-state index contributed by atoms with van der Waals surface area (Å²) >= 11 is 7.53. The largest absolute Gasteiger partial charge is 0.355 e. The maximum absolute atomic E-state index is 13.8. The van der Waals surface area contributed by atoms with Gasteiger partial charge in [-0.1, -0.05) is 48.0 Å². The zero-order valence-corrected chi connectivity index (χ0v) is 20.9. The molecular weight excluding hydrogens is 483 g/mol. The number of benzene rings is 2. The Balaban J connectivity index is 1.33. The molecule has 3 rings (SSSR count). The van der Waals surface area contributed by atoms with Crippen LogP contribution in [0.1, 0.15) is 30.4 Å². The van der Waals surface area contributed by atoms with Crippen molar-refractivity contribution < 1.29 is 17.6 Å². The van der Waals surface area contributed by atoms with Gasteiger partial charge in [0.05, 0.1) is 5.75 Å². The Hall–Kier alpha value is -1.61. The van der Waals surface area contributed by atoms with Crippen molar-refractivity contribution >= 4 is 39.3 Å². The van der Waals surface area contributed by atoms with E-state index in [2.05, 4.69) is 5.32 Å². The first-order valence-electron chi connectivity index (χ1n) is 11.2. The predicted octanol–water partition coefficient (Wildman–Crippen LogP) is 4.50. The Morgan fingerprint density at radius 1 is 1.12 bits per heavy atom. The van der Waals surface area contributed by atoms with Crippen LogP contribution in [0.2, 0.25) is 5.02 Å². The highest BCUT2D eigenvalue weighted by Crippen LogP contribution is 2.24. The van der Waals surface area contributed by atoms with Crippen molar-refractivity contribution in [2.24, 2.45) is 5.92 Å². The minimum Gasteiger partial charge on any atom is -0.355 e. The van der Waals surface area contributed by atoms with Gasteiger partial charge in [-0.05, 0) is 43.4 Å². The molecule has 33 heavy (non-hydrogen) atoms. The number of rotatable bonds is 11. The number of nitrogens with zero attached hydrogens (tertiary/aromatic N) is 1. The molecule has 1 saturated heterocycles. The van der Waals surface area contributed by atoms with E-state index in [1.807, 2.05) is 30.3 Å². The molecule has 0 bridgehead atoms. The second-order valence-electron chi connectivity index (χ2n) is 8.12. The summed E-state index contributed by atoms with van der Waals surface area (Å²) < 4.78 is 40.6. The van der Waals surface area contributed by atoms with Crippen molar-refractivity contribution in [3.63, 3.8) is 0 Å². The molecule has 1 N–H and O–H groups in total. The number of amides is 1. The van der Waals surface area contributed by atoms with Crippen molar-refractivity contribution in [2.45, 2.75) is 31.4 Å². The highest BCUT2D eigenvalue weighted by Gasteiger charge is 2.30. The number of thioether (sulfide) groups is 1. The number of carbonyl (C=O) groups is 1. The van der Waals surface area contributed by atoms with E-state index in [9.17, 15) is 17.6 Å². The third-order valence-corrected chi connectivity index (χ3v) is 9.08. The fourth-order valence-corrected chi connectivity index (χ4v) is 6.60. The fraction of sp³-hybridized carbons (Fsp3) is 0.458. The lowest BCUT2D eigenvalue weighted by molar-refractivity contribution is -0.125. The van der Waals surface area contributed by atoms with Crippen molar-refractivity contribution in [1.82, 2.24) is 9.62 Å². The minimum atomic E-state index is -3.30. The molecule has 2 aromatic rings. The maximum atomic E-state index is 13.8. The predicted molar refractivity (Wildman–Crippen MR) is 133 cm³/mol. The Kier molecular flexibility index (Phi) is 10.0. The van der Waals surface area contributed by atoms with E-state index in [-0.39, 0.29) is 23.4 Å². The van der Waals surface area contributed by atoms with Gasteiger partial charge in [-0.15, -0.1) is 0 Å². The van der Waals surface area contributed by atoms with E-state index in [0.717, 1.165) is 12.0 Å². The third-order valence-electron chi connectivity index (χ3n) is 5.78. The van der Waals surface area contributed by atoms with E-state index < -0.39 is 10.0 Å². The molecule has 0 saturated carbocycles. The van der Waals surface area contributed by atoms with E-state index in [4.69, 9.17) is 11.6 Å². The summed E-state index contributed by atoms with van der Waals surface area (Å²) in [6.07, 6.45) is 2.38. The molecule has 1 aliphatic rings. The molecule has 9 heteroatoms. The Labute approximate surface area is 205 Å². The van der Waals surface area contributed by atoms with Crippen molar-refractivity contribution in [3.8, 4) is 0 Å². The van der Waals surface area contributed by atoms with Gasteiger partial charge < -0.3 is 5.32 Å². The average Bonchev–Trinajstić information content (AvgIpc) is 2.81. The number of nitrogens with one attached hydrogen (secondary N) is 1. The van der Waals surface area contributed by atoms with Gasteiger partial charge in [0, 0.05) is 47.6 Å². The second-order valence-corrected chi connectivity index (χ2v) is 11.7. The highest BCUT2D eigenvalue weighted by molar-refractivity contribution is 7.98. The topological polar surface area (TPSA) is 66.5 Å². The molecule has 2 aromatic carbocycles. The van der Waals surface area contributed by atoms with E-state index in [1.165, 1.54) is 22.1 Å². The van der Waals surface area contributed by atoms with Crippen LogP contribution < -0.4 is 5.32 Å². The number of hydrogen-bond acceptors (Lipinski definition) is 4. The SMILES string of the molecule is O=C(NCCSCc1c(F)cccc1Cl)C1CCN(S(=O)(=O)CCCc2ccccc2)CC1. The van der Waals surface area contributed by atoms with Crippen LogP contribution in [0.5, 0.6) is 0 Å². The number of sulfonamides is 1. The van der Waals surface area contributed by atoms with E-state index >= 15 is 0 Å². The quantitative estimate of drug-likeness (QED) is 0.450. The molecule has 0 unspecified atom stereocenters. The Bertz CT molecular complexity index is 993. The lowest BCUT2D eigenvalue weighted by Gasteiger charge is -2.30. The average molecular weight is 513 g/mol. The fourth-order valence-electron chi connectivity index (χ4n) is 3.86. The minimum absolute atomic E-state index is 0.0411. The molecule has 1 amide bonds. The number of aryl methyl sites for hydroxylation is 1.